The molecule has 0 bridgehead atoms. The van der Waals surface area contributed by atoms with Crippen LogP contribution in [0.25, 0.3) is 10.6 Å². The Hall–Kier alpha value is -1.20. The largest absolute Gasteiger partial charge is 0.468 e. The van der Waals surface area contributed by atoms with Gasteiger partial charge in [-0.3, -0.25) is 4.79 Å². The van der Waals surface area contributed by atoms with E-state index in [1.807, 2.05) is 29.8 Å². The van der Waals surface area contributed by atoms with Gasteiger partial charge in [0.15, 0.2) is 0 Å². The summed E-state index contributed by atoms with van der Waals surface area (Å²) in [6, 6.07) is 4.03. The molecule has 0 aliphatic heterocycles. The second-order valence-corrected chi connectivity index (χ2v) is 5.37. The van der Waals surface area contributed by atoms with Gasteiger partial charge in [-0.15, -0.1) is 22.7 Å². The fraction of sp³-hybridized carbons (Fsp3) is 0.333. The third kappa shape index (κ3) is 2.56. The van der Waals surface area contributed by atoms with E-state index in [4.69, 9.17) is 4.74 Å². The Bertz CT molecular complexity index is 490. The molecule has 3 nitrogen and oxygen atoms in total. The maximum atomic E-state index is 11.6. The molecule has 0 radical (unpaired) electrons. The number of thiazole rings is 1. The smallest absolute Gasteiger partial charge is 0.315 e. The molecule has 17 heavy (non-hydrogen) atoms. The van der Waals surface area contributed by atoms with Crippen molar-refractivity contribution in [2.75, 3.05) is 7.11 Å². The number of carbonyl (C=O) groups excluding carboxylic acids is 1. The number of carbonyl (C=O) groups is 1. The van der Waals surface area contributed by atoms with Crippen molar-refractivity contribution in [3.8, 4) is 10.6 Å². The Labute approximate surface area is 108 Å². The maximum Gasteiger partial charge on any atom is 0.315 e. The van der Waals surface area contributed by atoms with Gasteiger partial charge in [0.2, 0.25) is 0 Å². The van der Waals surface area contributed by atoms with Crippen LogP contribution in [0, 0.1) is 0 Å². The highest BCUT2D eigenvalue weighted by Crippen LogP contribution is 2.30. The summed E-state index contributed by atoms with van der Waals surface area (Å²) in [7, 11) is 1.42. The van der Waals surface area contributed by atoms with Crippen molar-refractivity contribution < 1.29 is 9.53 Å². The number of rotatable bonds is 4. The molecule has 0 aliphatic carbocycles. The van der Waals surface area contributed by atoms with Gasteiger partial charge in [0.1, 0.15) is 10.9 Å². The van der Waals surface area contributed by atoms with Gasteiger partial charge in [0, 0.05) is 5.38 Å². The first-order valence-electron chi connectivity index (χ1n) is 5.33. The molecule has 1 atom stereocenters. The molecule has 0 fully saturated rings. The number of thiophene rings is 1. The molecule has 5 heteroatoms. The van der Waals surface area contributed by atoms with E-state index < -0.39 is 0 Å². The standard InChI is InChI=1S/C12H13NO2S2/c1-3-8(12(14)15-2)11-13-9(7-17-11)10-5-4-6-16-10/h4-8H,3H2,1-2H3. The van der Waals surface area contributed by atoms with E-state index in [9.17, 15) is 4.79 Å². The van der Waals surface area contributed by atoms with E-state index in [2.05, 4.69) is 4.98 Å². The monoisotopic (exact) mass is 267 g/mol. The summed E-state index contributed by atoms with van der Waals surface area (Å²) >= 11 is 3.17. The van der Waals surface area contributed by atoms with Gasteiger partial charge in [-0.1, -0.05) is 13.0 Å². The molecule has 0 amide bonds. The number of methoxy groups -OCH3 is 1. The summed E-state index contributed by atoms with van der Waals surface area (Å²) in [6.07, 6.45) is 0.712. The minimum absolute atomic E-state index is 0.209. The lowest BCUT2D eigenvalue weighted by molar-refractivity contribution is -0.142. The number of nitrogens with zero attached hydrogens (tertiary/aromatic N) is 1. The number of hydrogen-bond acceptors (Lipinski definition) is 5. The first-order valence-corrected chi connectivity index (χ1v) is 7.09. The van der Waals surface area contributed by atoms with Crippen LogP contribution in [0.2, 0.25) is 0 Å². The zero-order valence-electron chi connectivity index (χ0n) is 9.67. The Kier molecular flexibility index (Phi) is 3.91. The summed E-state index contributed by atoms with van der Waals surface area (Å²) in [4.78, 5) is 17.2. The average Bonchev–Trinajstić information content (AvgIpc) is 2.99. The molecule has 0 N–H and O–H groups in total. The summed E-state index contributed by atoms with van der Waals surface area (Å²) in [5.74, 6) is -0.446. The van der Waals surface area contributed by atoms with Crippen molar-refractivity contribution in [3.05, 3.63) is 27.9 Å². The molecule has 2 aromatic heterocycles. The highest BCUT2D eigenvalue weighted by atomic mass is 32.1. The molecule has 90 valence electrons. The fourth-order valence-electron chi connectivity index (χ4n) is 1.57. The Morgan fingerprint density at radius 1 is 1.53 bits per heavy atom. The molecule has 0 aliphatic rings. The second-order valence-electron chi connectivity index (χ2n) is 3.53. The normalized spacial score (nSPS) is 12.4. The minimum atomic E-state index is -0.237. The highest BCUT2D eigenvalue weighted by Gasteiger charge is 2.23. The molecular formula is C12H13NO2S2. The van der Waals surface area contributed by atoms with Crippen LogP contribution in [-0.4, -0.2) is 18.1 Å². The van der Waals surface area contributed by atoms with Gasteiger partial charge < -0.3 is 4.74 Å². The van der Waals surface area contributed by atoms with Crippen molar-refractivity contribution in [1.29, 1.82) is 0 Å². The summed E-state index contributed by atoms with van der Waals surface area (Å²) in [6.45, 7) is 1.97. The molecule has 2 heterocycles. The Morgan fingerprint density at radius 2 is 2.35 bits per heavy atom. The minimum Gasteiger partial charge on any atom is -0.468 e. The lowest BCUT2D eigenvalue weighted by Crippen LogP contribution is -2.13. The zero-order chi connectivity index (χ0) is 12.3. The van der Waals surface area contributed by atoms with Crippen LogP contribution >= 0.6 is 22.7 Å². The van der Waals surface area contributed by atoms with E-state index in [1.54, 1.807) is 11.3 Å². The summed E-state index contributed by atoms with van der Waals surface area (Å²) in [5.41, 5.74) is 0.947. The zero-order valence-corrected chi connectivity index (χ0v) is 11.3. The molecule has 0 saturated heterocycles. The molecule has 0 saturated carbocycles. The quantitative estimate of drug-likeness (QED) is 0.795. The molecule has 0 aromatic carbocycles. The van der Waals surface area contributed by atoms with Crippen LogP contribution in [0.15, 0.2) is 22.9 Å². The predicted octanol–water partition coefficient (Wildman–Crippen LogP) is 3.54. The summed E-state index contributed by atoms with van der Waals surface area (Å²) < 4.78 is 4.79. The molecule has 2 rings (SSSR count). The number of ether oxygens (including phenoxy) is 1. The van der Waals surface area contributed by atoms with Gasteiger partial charge >= 0.3 is 5.97 Å². The van der Waals surface area contributed by atoms with Crippen molar-refractivity contribution >= 4 is 28.6 Å². The van der Waals surface area contributed by atoms with Crippen LogP contribution in [0.1, 0.15) is 24.3 Å². The molecular weight excluding hydrogens is 254 g/mol. The third-order valence-electron chi connectivity index (χ3n) is 2.49. The van der Waals surface area contributed by atoms with Crippen LogP contribution in [0.5, 0.6) is 0 Å². The van der Waals surface area contributed by atoms with Crippen LogP contribution < -0.4 is 0 Å². The van der Waals surface area contributed by atoms with Gasteiger partial charge in [0.05, 0.1) is 17.7 Å². The highest BCUT2D eigenvalue weighted by molar-refractivity contribution is 7.14. The van der Waals surface area contributed by atoms with Gasteiger partial charge in [-0.25, -0.2) is 4.98 Å². The lowest BCUT2D eigenvalue weighted by atomic mass is 10.1. The maximum absolute atomic E-state index is 11.6. The lowest BCUT2D eigenvalue weighted by Gasteiger charge is -2.08. The van der Waals surface area contributed by atoms with Crippen LogP contribution in [0.4, 0.5) is 0 Å². The SMILES string of the molecule is CCC(C(=O)OC)c1nc(-c2cccs2)cs1. The number of hydrogen-bond donors (Lipinski definition) is 0. The molecule has 0 spiro atoms. The number of esters is 1. The Balaban J connectivity index is 2.25. The topological polar surface area (TPSA) is 39.2 Å². The first kappa shape index (κ1) is 12.3. The van der Waals surface area contributed by atoms with E-state index >= 15 is 0 Å². The van der Waals surface area contributed by atoms with Crippen molar-refractivity contribution in [2.45, 2.75) is 19.3 Å². The van der Waals surface area contributed by atoms with Crippen molar-refractivity contribution in [2.24, 2.45) is 0 Å². The van der Waals surface area contributed by atoms with E-state index in [0.717, 1.165) is 15.6 Å². The first-order chi connectivity index (χ1) is 8.26. The van der Waals surface area contributed by atoms with Crippen LogP contribution in [-0.2, 0) is 9.53 Å². The van der Waals surface area contributed by atoms with Crippen molar-refractivity contribution in [1.82, 2.24) is 4.98 Å². The molecule has 2 aromatic rings. The average molecular weight is 267 g/mol. The van der Waals surface area contributed by atoms with Crippen molar-refractivity contribution in [3.63, 3.8) is 0 Å². The molecule has 1 unspecified atom stereocenters. The van der Waals surface area contributed by atoms with Gasteiger partial charge in [0.25, 0.3) is 0 Å². The van der Waals surface area contributed by atoms with Crippen LogP contribution in [0.3, 0.4) is 0 Å². The van der Waals surface area contributed by atoms with E-state index in [0.29, 0.717) is 6.42 Å². The van der Waals surface area contributed by atoms with Gasteiger partial charge in [-0.05, 0) is 17.9 Å². The van der Waals surface area contributed by atoms with Gasteiger partial charge in [-0.2, -0.15) is 0 Å². The Morgan fingerprint density at radius 3 is 2.94 bits per heavy atom. The van der Waals surface area contributed by atoms with E-state index in [-0.39, 0.29) is 11.9 Å². The van der Waals surface area contributed by atoms with E-state index in [1.165, 1.54) is 18.4 Å². The predicted molar refractivity (Wildman–Crippen MR) is 70.5 cm³/mol. The second kappa shape index (κ2) is 5.42. The number of aromatic nitrogens is 1. The fourth-order valence-corrected chi connectivity index (χ4v) is 3.32. The summed E-state index contributed by atoms with van der Waals surface area (Å²) in [5, 5.41) is 4.85. The third-order valence-corrected chi connectivity index (χ3v) is 4.34.